The zero-order valence-electron chi connectivity index (χ0n) is 12.6. The summed E-state index contributed by atoms with van der Waals surface area (Å²) in [5, 5.41) is 3.41. The Hall–Kier alpha value is -0.620. The van der Waals surface area contributed by atoms with Gasteiger partial charge < -0.3 is 10.2 Å². The highest BCUT2D eigenvalue weighted by Gasteiger charge is 2.27. The molecule has 1 unspecified atom stereocenters. The van der Waals surface area contributed by atoms with E-state index >= 15 is 0 Å². The van der Waals surface area contributed by atoms with Crippen molar-refractivity contribution in [2.24, 2.45) is 0 Å². The first-order valence-electron chi connectivity index (χ1n) is 7.69. The number of hydrogen-bond acceptors (Lipinski definition) is 3. The highest BCUT2D eigenvalue weighted by molar-refractivity contribution is 9.10. The van der Waals surface area contributed by atoms with Crippen LogP contribution < -0.4 is 5.32 Å². The van der Waals surface area contributed by atoms with E-state index in [4.69, 9.17) is 0 Å². The van der Waals surface area contributed by atoms with Crippen LogP contribution in [0.25, 0.3) is 0 Å². The third-order valence-electron chi connectivity index (χ3n) is 4.49. The average molecular weight is 389 g/mol. The molecule has 2 saturated heterocycles. The Morgan fingerprint density at radius 2 is 1.86 bits per heavy atom. The number of carbonyl (C=O) groups excluding carboxylic acids is 1. The molecule has 2 heterocycles. The number of nitrogens with zero attached hydrogens (tertiary/aromatic N) is 2. The number of nitrogens with one attached hydrogen (secondary N) is 1. The van der Waals surface area contributed by atoms with E-state index in [2.05, 4.69) is 26.1 Å². The number of carbonyl (C=O) groups is 1. The molecule has 0 radical (unpaired) electrons. The van der Waals surface area contributed by atoms with Crippen molar-refractivity contribution in [2.75, 3.05) is 39.3 Å². The quantitative estimate of drug-likeness (QED) is 0.859. The molecule has 0 saturated carbocycles. The van der Waals surface area contributed by atoms with Crippen LogP contribution in [0.2, 0.25) is 0 Å². The van der Waals surface area contributed by atoms with Gasteiger partial charge in [0, 0.05) is 43.2 Å². The van der Waals surface area contributed by atoms with Crippen molar-refractivity contribution in [1.29, 1.82) is 0 Å². The number of halogens is 2. The zero-order valence-corrected chi connectivity index (χ0v) is 15.0. The van der Waals surface area contributed by atoms with E-state index in [0.29, 0.717) is 12.5 Å². The monoisotopic (exact) mass is 387 g/mol. The lowest BCUT2D eigenvalue weighted by atomic mass is 10.1. The van der Waals surface area contributed by atoms with E-state index in [1.54, 1.807) is 0 Å². The van der Waals surface area contributed by atoms with Gasteiger partial charge in [-0.25, -0.2) is 0 Å². The molecule has 2 aliphatic heterocycles. The standard InChI is InChI=1S/C16H22BrN3O.ClH/c17-14-3-1-13(2-4-14)11-16(21)20-9-7-19(8-10-20)15-5-6-18-12-15;/h1-4,15,18H,5-12H2;1H. The van der Waals surface area contributed by atoms with Crippen LogP contribution in [-0.2, 0) is 11.2 Å². The predicted molar refractivity (Wildman–Crippen MR) is 94.5 cm³/mol. The molecule has 1 aromatic carbocycles. The van der Waals surface area contributed by atoms with Gasteiger partial charge in [0.25, 0.3) is 0 Å². The van der Waals surface area contributed by atoms with Crippen LogP contribution in [0.1, 0.15) is 12.0 Å². The number of rotatable bonds is 3. The van der Waals surface area contributed by atoms with E-state index in [0.717, 1.165) is 49.3 Å². The molecular weight excluding hydrogens is 366 g/mol. The van der Waals surface area contributed by atoms with Crippen LogP contribution >= 0.6 is 28.3 Å². The minimum atomic E-state index is 0. The third-order valence-corrected chi connectivity index (χ3v) is 5.01. The largest absolute Gasteiger partial charge is 0.340 e. The van der Waals surface area contributed by atoms with Gasteiger partial charge in [-0.3, -0.25) is 9.69 Å². The summed E-state index contributed by atoms with van der Waals surface area (Å²) in [6.07, 6.45) is 1.76. The molecule has 4 nitrogen and oxygen atoms in total. The van der Waals surface area contributed by atoms with Crippen LogP contribution in [0.5, 0.6) is 0 Å². The van der Waals surface area contributed by atoms with Gasteiger partial charge in [0.05, 0.1) is 6.42 Å². The molecule has 0 bridgehead atoms. The molecule has 1 amide bonds. The van der Waals surface area contributed by atoms with Gasteiger partial charge >= 0.3 is 0 Å². The summed E-state index contributed by atoms with van der Waals surface area (Å²) in [4.78, 5) is 16.9. The molecule has 6 heteroatoms. The van der Waals surface area contributed by atoms with Crippen molar-refractivity contribution in [3.63, 3.8) is 0 Å². The zero-order chi connectivity index (χ0) is 14.7. The minimum absolute atomic E-state index is 0. The van der Waals surface area contributed by atoms with Crippen molar-refractivity contribution in [2.45, 2.75) is 18.9 Å². The van der Waals surface area contributed by atoms with Gasteiger partial charge in [-0.2, -0.15) is 0 Å². The van der Waals surface area contributed by atoms with Crippen molar-refractivity contribution < 1.29 is 4.79 Å². The number of amides is 1. The molecule has 122 valence electrons. The Morgan fingerprint density at radius 1 is 1.18 bits per heavy atom. The fraction of sp³-hybridized carbons (Fsp3) is 0.562. The second kappa shape index (κ2) is 8.29. The molecule has 1 atom stereocenters. The fourth-order valence-electron chi connectivity index (χ4n) is 3.18. The molecule has 3 rings (SSSR count). The molecule has 2 aliphatic rings. The molecule has 1 N–H and O–H groups in total. The van der Waals surface area contributed by atoms with E-state index in [1.807, 2.05) is 29.2 Å². The minimum Gasteiger partial charge on any atom is -0.340 e. The second-order valence-corrected chi connectivity index (χ2v) is 6.78. The van der Waals surface area contributed by atoms with E-state index in [1.165, 1.54) is 6.42 Å². The Labute approximate surface area is 146 Å². The first kappa shape index (κ1) is 17.7. The van der Waals surface area contributed by atoms with Crippen molar-refractivity contribution >= 4 is 34.2 Å². The SMILES string of the molecule is Cl.O=C(Cc1ccc(Br)cc1)N1CCN(C2CCNC2)CC1. The van der Waals surface area contributed by atoms with E-state index in [-0.39, 0.29) is 18.3 Å². The highest BCUT2D eigenvalue weighted by atomic mass is 79.9. The van der Waals surface area contributed by atoms with Crippen LogP contribution in [0.4, 0.5) is 0 Å². The average Bonchev–Trinajstić information content (AvgIpc) is 3.04. The van der Waals surface area contributed by atoms with Gasteiger partial charge in [-0.1, -0.05) is 28.1 Å². The molecule has 0 aliphatic carbocycles. The Morgan fingerprint density at radius 3 is 2.45 bits per heavy atom. The van der Waals surface area contributed by atoms with Crippen molar-refractivity contribution in [1.82, 2.24) is 15.1 Å². The van der Waals surface area contributed by atoms with E-state index < -0.39 is 0 Å². The van der Waals surface area contributed by atoms with Crippen molar-refractivity contribution in [3.05, 3.63) is 34.3 Å². The maximum atomic E-state index is 12.4. The predicted octanol–water partition coefficient (Wildman–Crippen LogP) is 1.92. The van der Waals surface area contributed by atoms with Crippen LogP contribution in [0.3, 0.4) is 0 Å². The normalized spacial score (nSPS) is 22.4. The van der Waals surface area contributed by atoms with Crippen molar-refractivity contribution in [3.8, 4) is 0 Å². The van der Waals surface area contributed by atoms with Crippen LogP contribution in [0, 0.1) is 0 Å². The summed E-state index contributed by atoms with van der Waals surface area (Å²) in [5.41, 5.74) is 1.09. The van der Waals surface area contributed by atoms with Crippen LogP contribution in [0.15, 0.2) is 28.7 Å². The first-order chi connectivity index (χ1) is 10.2. The maximum absolute atomic E-state index is 12.4. The number of hydrogen-bond donors (Lipinski definition) is 1. The lowest BCUT2D eigenvalue weighted by Crippen LogP contribution is -2.52. The molecule has 0 aromatic heterocycles. The lowest BCUT2D eigenvalue weighted by Gasteiger charge is -2.37. The topological polar surface area (TPSA) is 35.6 Å². The highest BCUT2D eigenvalue weighted by Crippen LogP contribution is 2.14. The summed E-state index contributed by atoms with van der Waals surface area (Å²) < 4.78 is 1.05. The number of piperazine rings is 1. The summed E-state index contributed by atoms with van der Waals surface area (Å²) in [5.74, 6) is 0.251. The number of benzene rings is 1. The third kappa shape index (κ3) is 4.44. The molecule has 0 spiro atoms. The van der Waals surface area contributed by atoms with Gasteiger partial charge in [0.1, 0.15) is 0 Å². The van der Waals surface area contributed by atoms with Gasteiger partial charge in [0.2, 0.25) is 5.91 Å². The smallest absolute Gasteiger partial charge is 0.227 e. The Kier molecular flexibility index (Phi) is 6.68. The fourth-order valence-corrected chi connectivity index (χ4v) is 3.44. The van der Waals surface area contributed by atoms with Gasteiger partial charge in [0.15, 0.2) is 0 Å². The molecular formula is C16H23BrClN3O. The van der Waals surface area contributed by atoms with Gasteiger partial charge in [-0.05, 0) is 30.7 Å². The maximum Gasteiger partial charge on any atom is 0.227 e. The van der Waals surface area contributed by atoms with Gasteiger partial charge in [-0.15, -0.1) is 12.4 Å². The van der Waals surface area contributed by atoms with Crippen LogP contribution in [-0.4, -0.2) is 61.0 Å². The molecule has 1 aromatic rings. The molecule has 22 heavy (non-hydrogen) atoms. The summed E-state index contributed by atoms with van der Waals surface area (Å²) in [6.45, 7) is 5.99. The molecule has 2 fully saturated rings. The lowest BCUT2D eigenvalue weighted by molar-refractivity contribution is -0.132. The van der Waals surface area contributed by atoms with E-state index in [9.17, 15) is 4.79 Å². The summed E-state index contributed by atoms with van der Waals surface area (Å²) in [6, 6.07) is 8.69. The first-order valence-corrected chi connectivity index (χ1v) is 8.48. The summed E-state index contributed by atoms with van der Waals surface area (Å²) in [7, 11) is 0. The summed E-state index contributed by atoms with van der Waals surface area (Å²) >= 11 is 3.42. The second-order valence-electron chi connectivity index (χ2n) is 5.87. The Bertz CT molecular complexity index is 483. The Balaban J connectivity index is 0.00000176.